The lowest BCUT2D eigenvalue weighted by atomic mass is 9.57. The van der Waals surface area contributed by atoms with E-state index < -0.39 is 71.2 Å². The third kappa shape index (κ3) is 3.05. The maximum absolute atomic E-state index is 13.3. The molecule has 5 rings (SSSR count). The summed E-state index contributed by atoms with van der Waals surface area (Å²) >= 11 is 0. The van der Waals surface area contributed by atoms with Gasteiger partial charge in [-0.1, -0.05) is 35.9 Å². The summed E-state index contributed by atoms with van der Waals surface area (Å²) in [5, 5.41) is 11.1. The highest BCUT2D eigenvalue weighted by molar-refractivity contribution is 6.18. The van der Waals surface area contributed by atoms with E-state index in [0.717, 1.165) is 0 Å². The smallest absolute Gasteiger partial charge is 0.328 e. The van der Waals surface area contributed by atoms with Crippen molar-refractivity contribution in [3.63, 3.8) is 0 Å². The number of nitrogens with two attached hydrogens (primary N) is 2. The van der Waals surface area contributed by atoms with Crippen LogP contribution >= 0.6 is 0 Å². The van der Waals surface area contributed by atoms with Crippen LogP contribution in [0.4, 0.5) is 9.59 Å². The van der Waals surface area contributed by atoms with E-state index in [4.69, 9.17) is 11.5 Å². The molecule has 0 radical (unpaired) electrons. The maximum atomic E-state index is 13.3. The van der Waals surface area contributed by atoms with Crippen LogP contribution in [0, 0.1) is 29.6 Å². The van der Waals surface area contributed by atoms with E-state index in [0.29, 0.717) is 32.9 Å². The second-order valence-electron chi connectivity index (χ2n) is 9.57. The lowest BCUT2D eigenvalue weighted by Crippen LogP contribution is -2.44. The molecule has 1 saturated carbocycles. The van der Waals surface area contributed by atoms with Crippen molar-refractivity contribution in [2.24, 2.45) is 41.1 Å². The van der Waals surface area contributed by atoms with Gasteiger partial charge in [0.15, 0.2) is 0 Å². The number of likely N-dealkylation sites (tertiary alicyclic amines) is 2. The molecule has 4 aliphatic rings. The number of primary amides is 2. The molecule has 2 saturated heterocycles. The van der Waals surface area contributed by atoms with Gasteiger partial charge >= 0.3 is 12.1 Å². The molecular formula is C25H24N4O7. The van der Waals surface area contributed by atoms with Crippen LogP contribution in [0.25, 0.3) is 0 Å². The summed E-state index contributed by atoms with van der Waals surface area (Å²) < 4.78 is 0. The topological polar surface area (TPSA) is 181 Å². The van der Waals surface area contributed by atoms with Gasteiger partial charge in [-0.25, -0.2) is 9.59 Å². The summed E-state index contributed by atoms with van der Waals surface area (Å²) in [5.41, 5.74) is 12.1. The average molecular weight is 492 g/mol. The normalized spacial score (nSPS) is 31.1. The number of nitrogens with zero attached hydrogens (tertiary/aromatic N) is 2. The first-order valence-corrected chi connectivity index (χ1v) is 11.6. The molecule has 5 N–H and O–H groups in total. The van der Waals surface area contributed by atoms with Gasteiger partial charge in [0, 0.05) is 11.5 Å². The second kappa shape index (κ2) is 8.14. The zero-order chi connectivity index (χ0) is 26.0. The summed E-state index contributed by atoms with van der Waals surface area (Å²) in [6.45, 7) is 3.69. The highest BCUT2D eigenvalue weighted by Crippen LogP contribution is 2.58. The molecule has 11 heteroatoms. The standard InChI is InChI=1S/C25H24N4O7/c1-2-4-10-5-3-6-12(19(10)30)16-11-7-8-13-17(22(33)28(20(13)31)24(26)35)14(11)9-15-18(16)23(34)29(21(15)32)25(27)36/h2-3,5-7,13-18,30H,1,4,8-9H2,(H2,26,35)(H2,27,36). The highest BCUT2D eigenvalue weighted by Gasteiger charge is 2.63. The number of carbonyl (C=O) groups excluding carboxylic acids is 6. The summed E-state index contributed by atoms with van der Waals surface area (Å²) in [5.74, 6) is -8.48. The van der Waals surface area contributed by atoms with Crippen molar-refractivity contribution < 1.29 is 33.9 Å². The molecule has 1 aromatic carbocycles. The van der Waals surface area contributed by atoms with Gasteiger partial charge in [-0.2, -0.15) is 9.80 Å². The second-order valence-corrected chi connectivity index (χ2v) is 9.57. The van der Waals surface area contributed by atoms with Crippen LogP contribution in [-0.2, 0) is 25.6 Å². The molecule has 2 heterocycles. The highest BCUT2D eigenvalue weighted by atomic mass is 16.3. The fourth-order valence-corrected chi connectivity index (χ4v) is 6.55. The summed E-state index contributed by atoms with van der Waals surface area (Å²) in [6, 6.07) is 2.65. The molecule has 2 aliphatic carbocycles. The van der Waals surface area contributed by atoms with Gasteiger partial charge in [0.1, 0.15) is 5.75 Å². The zero-order valence-electron chi connectivity index (χ0n) is 19.1. The van der Waals surface area contributed by atoms with Crippen LogP contribution in [0.2, 0.25) is 0 Å². The molecule has 36 heavy (non-hydrogen) atoms. The number of rotatable bonds is 3. The van der Waals surface area contributed by atoms with Gasteiger partial charge in [0.05, 0.1) is 23.7 Å². The van der Waals surface area contributed by atoms with Gasteiger partial charge in [0.2, 0.25) is 23.6 Å². The van der Waals surface area contributed by atoms with Crippen molar-refractivity contribution >= 4 is 35.7 Å². The molecule has 6 atom stereocenters. The average Bonchev–Trinajstić information content (AvgIpc) is 3.23. The molecule has 6 unspecified atom stereocenters. The van der Waals surface area contributed by atoms with E-state index in [-0.39, 0.29) is 18.6 Å². The Morgan fingerprint density at radius 1 is 0.944 bits per heavy atom. The first-order chi connectivity index (χ1) is 17.1. The monoisotopic (exact) mass is 492 g/mol. The number of benzene rings is 1. The lowest BCUT2D eigenvalue weighted by molar-refractivity contribution is -0.138. The summed E-state index contributed by atoms with van der Waals surface area (Å²) in [4.78, 5) is 77.2. The number of amides is 8. The molecule has 8 amide bonds. The fraction of sp³-hybridized carbons (Fsp3) is 0.360. The Balaban J connectivity index is 1.69. The van der Waals surface area contributed by atoms with E-state index in [1.165, 1.54) is 0 Å². The summed E-state index contributed by atoms with van der Waals surface area (Å²) in [6.07, 6.45) is 3.81. The van der Waals surface area contributed by atoms with Gasteiger partial charge in [-0.15, -0.1) is 6.58 Å². The Morgan fingerprint density at radius 2 is 1.56 bits per heavy atom. The van der Waals surface area contributed by atoms with E-state index >= 15 is 0 Å². The number of para-hydroxylation sites is 1. The molecule has 1 aromatic rings. The van der Waals surface area contributed by atoms with Gasteiger partial charge < -0.3 is 16.6 Å². The SMILES string of the molecule is C=CCc1cccc(C2C3=CCC4C(=O)N(C(N)=O)C(=O)C4C3CC3C(=O)N(C(N)=O)C(=O)C32)c1O. The Hall–Kier alpha value is -4.28. The third-order valence-corrected chi connectivity index (χ3v) is 7.94. The molecule has 11 nitrogen and oxygen atoms in total. The summed E-state index contributed by atoms with van der Waals surface area (Å²) in [7, 11) is 0. The quantitative estimate of drug-likeness (QED) is 0.414. The molecule has 3 fully saturated rings. The largest absolute Gasteiger partial charge is 0.507 e. The van der Waals surface area contributed by atoms with E-state index in [1.807, 2.05) is 0 Å². The van der Waals surface area contributed by atoms with Crippen molar-refractivity contribution in [3.05, 3.63) is 53.6 Å². The van der Waals surface area contributed by atoms with Crippen molar-refractivity contribution in [3.8, 4) is 5.75 Å². The van der Waals surface area contributed by atoms with Crippen molar-refractivity contribution in [2.45, 2.75) is 25.2 Å². The van der Waals surface area contributed by atoms with Crippen LogP contribution < -0.4 is 11.5 Å². The first-order valence-electron chi connectivity index (χ1n) is 11.6. The van der Waals surface area contributed by atoms with Crippen LogP contribution in [0.15, 0.2) is 42.5 Å². The zero-order valence-corrected chi connectivity index (χ0v) is 19.1. The number of allylic oxidation sites excluding steroid dienone is 3. The number of fused-ring (bicyclic) bond motifs is 4. The Morgan fingerprint density at radius 3 is 2.17 bits per heavy atom. The molecule has 0 bridgehead atoms. The number of imide groups is 6. The maximum Gasteiger partial charge on any atom is 0.328 e. The first kappa shape index (κ1) is 23.5. The van der Waals surface area contributed by atoms with Gasteiger partial charge in [-0.3, -0.25) is 19.2 Å². The van der Waals surface area contributed by atoms with Crippen LogP contribution in [0.1, 0.15) is 29.9 Å². The number of phenols is 1. The van der Waals surface area contributed by atoms with Crippen molar-refractivity contribution in [2.75, 3.05) is 0 Å². The molecular weight excluding hydrogens is 468 g/mol. The van der Waals surface area contributed by atoms with E-state index in [9.17, 15) is 33.9 Å². The number of hydrogen-bond acceptors (Lipinski definition) is 7. The van der Waals surface area contributed by atoms with E-state index in [2.05, 4.69) is 6.58 Å². The van der Waals surface area contributed by atoms with Crippen LogP contribution in [-0.4, -0.2) is 50.6 Å². The molecule has 0 spiro atoms. The molecule has 0 aromatic heterocycles. The Labute approximate surface area is 205 Å². The fourth-order valence-electron chi connectivity index (χ4n) is 6.55. The molecule has 2 aliphatic heterocycles. The number of carbonyl (C=O) groups is 6. The Kier molecular flexibility index (Phi) is 5.31. The van der Waals surface area contributed by atoms with Gasteiger partial charge in [-0.05, 0) is 30.7 Å². The Bertz CT molecular complexity index is 1300. The number of aromatic hydroxyl groups is 1. The lowest BCUT2D eigenvalue weighted by Gasteiger charge is -2.44. The minimum atomic E-state index is -1.20. The van der Waals surface area contributed by atoms with Gasteiger partial charge in [0.25, 0.3) is 0 Å². The number of hydrogen-bond donors (Lipinski definition) is 3. The van der Waals surface area contributed by atoms with Crippen molar-refractivity contribution in [1.82, 2.24) is 9.80 Å². The molecule has 186 valence electrons. The number of phenolic OH excluding ortho intramolecular Hbond substituents is 1. The van der Waals surface area contributed by atoms with Crippen LogP contribution in [0.5, 0.6) is 5.75 Å². The van der Waals surface area contributed by atoms with Crippen LogP contribution in [0.3, 0.4) is 0 Å². The van der Waals surface area contributed by atoms with Crippen molar-refractivity contribution in [1.29, 1.82) is 0 Å². The predicted octanol–water partition coefficient (Wildman–Crippen LogP) is 0.914. The van der Waals surface area contributed by atoms with E-state index in [1.54, 1.807) is 30.4 Å². The third-order valence-electron chi connectivity index (χ3n) is 7.94. The number of urea groups is 2. The predicted molar refractivity (Wildman–Crippen MR) is 122 cm³/mol. The minimum Gasteiger partial charge on any atom is -0.507 e. The minimum absolute atomic E-state index is 0.00124.